The second-order valence-electron chi connectivity index (χ2n) is 4.49. The maximum absolute atomic E-state index is 10.1. The molecule has 3 rings (SSSR count). The van der Waals surface area contributed by atoms with E-state index in [9.17, 15) is 5.11 Å². The van der Waals surface area contributed by atoms with Crippen molar-refractivity contribution in [2.75, 3.05) is 6.61 Å². The van der Waals surface area contributed by atoms with Gasteiger partial charge in [0.15, 0.2) is 5.82 Å². The largest absolute Gasteiger partial charge is 0.493 e. The zero-order valence-corrected chi connectivity index (χ0v) is 9.91. The molecule has 0 amide bonds. The number of aromatic amines is 1. The molecule has 2 atom stereocenters. The molecule has 1 aliphatic heterocycles. The molecule has 0 saturated heterocycles. The van der Waals surface area contributed by atoms with Crippen LogP contribution < -0.4 is 4.74 Å². The van der Waals surface area contributed by atoms with Crippen LogP contribution in [0.25, 0.3) is 0 Å². The van der Waals surface area contributed by atoms with Crippen LogP contribution in [0.1, 0.15) is 36.3 Å². The van der Waals surface area contributed by atoms with Gasteiger partial charge >= 0.3 is 0 Å². The molecule has 0 bridgehead atoms. The highest BCUT2D eigenvalue weighted by atomic mass is 16.5. The van der Waals surface area contributed by atoms with Gasteiger partial charge in [-0.1, -0.05) is 18.2 Å². The molecule has 2 unspecified atom stereocenters. The molecule has 0 fully saturated rings. The highest BCUT2D eigenvalue weighted by molar-refractivity contribution is 5.37. The van der Waals surface area contributed by atoms with Crippen molar-refractivity contribution in [2.45, 2.75) is 24.9 Å². The molecule has 18 heavy (non-hydrogen) atoms. The van der Waals surface area contributed by atoms with Gasteiger partial charge in [-0.15, -0.1) is 0 Å². The van der Waals surface area contributed by atoms with E-state index >= 15 is 0 Å². The van der Waals surface area contributed by atoms with E-state index in [0.29, 0.717) is 24.8 Å². The van der Waals surface area contributed by atoms with E-state index in [1.807, 2.05) is 18.2 Å². The number of hydrogen-bond acceptors (Lipinski definition) is 4. The number of rotatable bonds is 3. The molecule has 2 N–H and O–H groups in total. The Morgan fingerprint density at radius 2 is 2.33 bits per heavy atom. The molecule has 5 nitrogen and oxygen atoms in total. The Hall–Kier alpha value is -1.88. The van der Waals surface area contributed by atoms with Crippen LogP contribution >= 0.6 is 0 Å². The molecule has 5 heteroatoms. The number of aromatic nitrogens is 3. The second kappa shape index (κ2) is 4.78. The average Bonchev–Trinajstić information content (AvgIpc) is 2.93. The standard InChI is InChI=1S/C13H15N3O2/c17-11(13-14-8-15-16-13)7-9-5-6-18-12-4-2-1-3-10(9)12/h1-4,8-9,11,17H,5-7H2,(H,14,15,16). The summed E-state index contributed by atoms with van der Waals surface area (Å²) in [5.41, 5.74) is 1.17. The van der Waals surface area contributed by atoms with Gasteiger partial charge in [0.05, 0.1) is 6.61 Å². The fourth-order valence-electron chi connectivity index (χ4n) is 2.42. The summed E-state index contributed by atoms with van der Waals surface area (Å²) in [7, 11) is 0. The molecule has 0 radical (unpaired) electrons. The molecule has 1 aromatic carbocycles. The lowest BCUT2D eigenvalue weighted by atomic mass is 9.88. The Labute approximate surface area is 105 Å². The van der Waals surface area contributed by atoms with Gasteiger partial charge in [0, 0.05) is 0 Å². The quantitative estimate of drug-likeness (QED) is 0.865. The van der Waals surface area contributed by atoms with E-state index in [2.05, 4.69) is 21.2 Å². The number of H-pyrrole nitrogens is 1. The van der Waals surface area contributed by atoms with Crippen LogP contribution in [0.5, 0.6) is 5.75 Å². The number of para-hydroxylation sites is 1. The average molecular weight is 245 g/mol. The number of nitrogens with one attached hydrogen (secondary N) is 1. The van der Waals surface area contributed by atoms with Crippen LogP contribution in [0.4, 0.5) is 0 Å². The first-order valence-corrected chi connectivity index (χ1v) is 6.09. The van der Waals surface area contributed by atoms with Crippen molar-refractivity contribution in [3.05, 3.63) is 42.0 Å². The Kier molecular flexibility index (Phi) is 2.98. The summed E-state index contributed by atoms with van der Waals surface area (Å²) >= 11 is 0. The topological polar surface area (TPSA) is 71.0 Å². The van der Waals surface area contributed by atoms with Crippen molar-refractivity contribution in [3.63, 3.8) is 0 Å². The van der Waals surface area contributed by atoms with E-state index < -0.39 is 6.10 Å². The highest BCUT2D eigenvalue weighted by Gasteiger charge is 2.25. The third-order valence-electron chi connectivity index (χ3n) is 3.34. The Morgan fingerprint density at radius 3 is 3.17 bits per heavy atom. The van der Waals surface area contributed by atoms with Crippen LogP contribution in [0.15, 0.2) is 30.6 Å². The first-order chi connectivity index (χ1) is 8.84. The van der Waals surface area contributed by atoms with Gasteiger partial charge < -0.3 is 9.84 Å². The lowest BCUT2D eigenvalue weighted by Crippen LogP contribution is -2.16. The van der Waals surface area contributed by atoms with Crippen molar-refractivity contribution in [1.82, 2.24) is 15.2 Å². The number of ether oxygens (including phenoxy) is 1. The minimum absolute atomic E-state index is 0.301. The maximum Gasteiger partial charge on any atom is 0.153 e. The Balaban J connectivity index is 1.78. The zero-order chi connectivity index (χ0) is 12.4. The van der Waals surface area contributed by atoms with Crippen molar-refractivity contribution < 1.29 is 9.84 Å². The first kappa shape index (κ1) is 11.2. The summed E-state index contributed by atoms with van der Waals surface area (Å²) in [6, 6.07) is 8.00. The van der Waals surface area contributed by atoms with Crippen LogP contribution in [0.3, 0.4) is 0 Å². The van der Waals surface area contributed by atoms with Crippen molar-refractivity contribution in [1.29, 1.82) is 0 Å². The van der Waals surface area contributed by atoms with Crippen molar-refractivity contribution >= 4 is 0 Å². The fraction of sp³-hybridized carbons (Fsp3) is 0.385. The van der Waals surface area contributed by atoms with E-state index in [-0.39, 0.29) is 0 Å². The van der Waals surface area contributed by atoms with Gasteiger partial charge in [-0.2, -0.15) is 5.10 Å². The Morgan fingerprint density at radius 1 is 1.44 bits per heavy atom. The van der Waals surface area contributed by atoms with E-state index in [1.54, 1.807) is 0 Å². The van der Waals surface area contributed by atoms with Crippen LogP contribution in [-0.2, 0) is 0 Å². The van der Waals surface area contributed by atoms with Crippen LogP contribution in [0.2, 0.25) is 0 Å². The molecule has 2 heterocycles. The van der Waals surface area contributed by atoms with Gasteiger partial charge in [-0.3, -0.25) is 5.10 Å². The van der Waals surface area contributed by atoms with Gasteiger partial charge in [0.2, 0.25) is 0 Å². The number of nitrogens with zero attached hydrogens (tertiary/aromatic N) is 2. The van der Waals surface area contributed by atoms with E-state index in [0.717, 1.165) is 12.2 Å². The summed E-state index contributed by atoms with van der Waals surface area (Å²) in [5, 5.41) is 16.6. The SMILES string of the molecule is OC(CC1CCOc2ccccc21)c1ncn[nH]1. The third kappa shape index (κ3) is 2.09. The van der Waals surface area contributed by atoms with Gasteiger partial charge in [0.1, 0.15) is 18.2 Å². The minimum Gasteiger partial charge on any atom is -0.493 e. The minimum atomic E-state index is -0.608. The molecule has 94 valence electrons. The van der Waals surface area contributed by atoms with Gasteiger partial charge in [-0.25, -0.2) is 4.98 Å². The second-order valence-corrected chi connectivity index (χ2v) is 4.49. The summed E-state index contributed by atoms with van der Waals surface area (Å²) < 4.78 is 5.61. The number of aliphatic hydroxyl groups excluding tert-OH is 1. The van der Waals surface area contributed by atoms with E-state index in [4.69, 9.17) is 4.74 Å². The smallest absolute Gasteiger partial charge is 0.153 e. The molecule has 0 spiro atoms. The van der Waals surface area contributed by atoms with Gasteiger partial charge in [-0.05, 0) is 30.4 Å². The van der Waals surface area contributed by atoms with Crippen LogP contribution in [0, 0.1) is 0 Å². The monoisotopic (exact) mass is 245 g/mol. The molecular formula is C13H15N3O2. The lowest BCUT2D eigenvalue weighted by molar-refractivity contribution is 0.137. The fourth-order valence-corrected chi connectivity index (χ4v) is 2.42. The number of aliphatic hydroxyl groups is 1. The summed E-state index contributed by atoms with van der Waals surface area (Å²) in [5.74, 6) is 1.76. The zero-order valence-electron chi connectivity index (χ0n) is 9.91. The Bertz CT molecular complexity index is 513. The predicted octanol–water partition coefficient (Wildman–Crippen LogP) is 1.79. The first-order valence-electron chi connectivity index (χ1n) is 6.09. The highest BCUT2D eigenvalue weighted by Crippen LogP contribution is 2.38. The lowest BCUT2D eigenvalue weighted by Gasteiger charge is -2.26. The summed E-state index contributed by atoms with van der Waals surface area (Å²) in [6.45, 7) is 0.699. The number of fused-ring (bicyclic) bond motifs is 1. The number of benzene rings is 1. The molecule has 0 aliphatic carbocycles. The van der Waals surface area contributed by atoms with Crippen molar-refractivity contribution in [3.8, 4) is 5.75 Å². The summed E-state index contributed by atoms with van der Waals surface area (Å²) in [6.07, 6.45) is 2.36. The maximum atomic E-state index is 10.1. The van der Waals surface area contributed by atoms with E-state index in [1.165, 1.54) is 11.9 Å². The molecule has 1 aliphatic rings. The molecular weight excluding hydrogens is 230 g/mol. The number of hydrogen-bond donors (Lipinski definition) is 2. The normalized spacial score (nSPS) is 19.9. The van der Waals surface area contributed by atoms with Crippen LogP contribution in [-0.4, -0.2) is 26.9 Å². The molecule has 0 saturated carbocycles. The molecule has 2 aromatic rings. The summed E-state index contributed by atoms with van der Waals surface area (Å²) in [4.78, 5) is 3.99. The molecule has 1 aromatic heterocycles. The predicted molar refractivity (Wildman–Crippen MR) is 65.3 cm³/mol. The van der Waals surface area contributed by atoms with Crippen molar-refractivity contribution in [2.24, 2.45) is 0 Å². The third-order valence-corrected chi connectivity index (χ3v) is 3.34. The van der Waals surface area contributed by atoms with Gasteiger partial charge in [0.25, 0.3) is 0 Å².